The summed E-state index contributed by atoms with van der Waals surface area (Å²) in [7, 11) is -2.26. The Morgan fingerprint density at radius 2 is 1.93 bits per heavy atom. The molecule has 0 radical (unpaired) electrons. The Balaban J connectivity index is 1.65. The van der Waals surface area contributed by atoms with Gasteiger partial charge in [0.1, 0.15) is 5.69 Å². The van der Waals surface area contributed by atoms with E-state index in [1.807, 2.05) is 30.3 Å². The van der Waals surface area contributed by atoms with Crippen LogP contribution < -0.4 is 10.0 Å². The third-order valence-electron chi connectivity index (χ3n) is 4.16. The predicted molar refractivity (Wildman–Crippen MR) is 111 cm³/mol. The van der Waals surface area contributed by atoms with Gasteiger partial charge in [-0.1, -0.05) is 41.6 Å². The molecule has 3 aromatic rings. The van der Waals surface area contributed by atoms with E-state index in [-0.39, 0.29) is 4.90 Å². The molecular weight excluding hydrogens is 390 g/mol. The highest BCUT2D eigenvalue weighted by atomic mass is 32.2. The Labute approximate surface area is 169 Å². The van der Waals surface area contributed by atoms with Gasteiger partial charge in [-0.3, -0.25) is 4.79 Å². The zero-order valence-corrected chi connectivity index (χ0v) is 16.8. The van der Waals surface area contributed by atoms with Crippen LogP contribution in [0.5, 0.6) is 0 Å². The van der Waals surface area contributed by atoms with Crippen molar-refractivity contribution in [2.24, 2.45) is 0 Å². The summed E-state index contributed by atoms with van der Waals surface area (Å²) in [6.07, 6.45) is 4.60. The van der Waals surface area contributed by atoms with Gasteiger partial charge in [0.15, 0.2) is 0 Å². The van der Waals surface area contributed by atoms with Crippen LogP contribution in [-0.4, -0.2) is 36.4 Å². The van der Waals surface area contributed by atoms with E-state index < -0.39 is 15.9 Å². The minimum atomic E-state index is -3.61. The lowest BCUT2D eigenvalue weighted by Gasteiger charge is -2.09. The molecule has 0 bridgehead atoms. The predicted octanol–water partition coefficient (Wildman–Crippen LogP) is 2.19. The van der Waals surface area contributed by atoms with Gasteiger partial charge in [-0.2, -0.15) is 0 Å². The largest absolute Gasteiger partial charge is 0.322 e. The highest BCUT2D eigenvalue weighted by molar-refractivity contribution is 7.89. The van der Waals surface area contributed by atoms with Crippen LogP contribution in [0, 0.1) is 6.92 Å². The fourth-order valence-electron chi connectivity index (χ4n) is 2.66. The smallest absolute Gasteiger partial charge is 0.248 e. The van der Waals surface area contributed by atoms with Crippen molar-refractivity contribution >= 4 is 27.7 Å². The lowest BCUT2D eigenvalue weighted by molar-refractivity contribution is -0.111. The van der Waals surface area contributed by atoms with Gasteiger partial charge in [-0.15, -0.1) is 5.10 Å². The molecular formula is C20H21N5O3S. The Kier molecular flexibility index (Phi) is 6.20. The van der Waals surface area contributed by atoms with Gasteiger partial charge in [-0.05, 0) is 43.3 Å². The quantitative estimate of drug-likeness (QED) is 0.580. The van der Waals surface area contributed by atoms with Crippen molar-refractivity contribution in [3.63, 3.8) is 0 Å². The Morgan fingerprint density at radius 3 is 2.66 bits per heavy atom. The number of aromatic nitrogens is 3. The number of aryl methyl sites for hydroxylation is 1. The second-order valence-electron chi connectivity index (χ2n) is 6.34. The molecule has 1 aromatic heterocycles. The summed E-state index contributed by atoms with van der Waals surface area (Å²) in [5, 5.41) is 10.7. The molecule has 0 fully saturated rings. The van der Waals surface area contributed by atoms with Gasteiger partial charge in [-0.25, -0.2) is 17.8 Å². The van der Waals surface area contributed by atoms with Crippen molar-refractivity contribution in [2.45, 2.75) is 18.4 Å². The number of carbonyl (C=O) groups is 1. The number of benzene rings is 2. The molecule has 0 unspecified atom stereocenters. The average molecular weight is 411 g/mol. The molecule has 2 N–H and O–H groups in total. The Morgan fingerprint density at radius 1 is 1.17 bits per heavy atom. The molecule has 0 aliphatic carbocycles. The molecule has 1 amide bonds. The van der Waals surface area contributed by atoms with Crippen LogP contribution in [-0.2, 0) is 21.4 Å². The van der Waals surface area contributed by atoms with Crippen LogP contribution in [0.3, 0.4) is 0 Å². The van der Waals surface area contributed by atoms with E-state index in [1.165, 1.54) is 19.2 Å². The van der Waals surface area contributed by atoms with Gasteiger partial charge < -0.3 is 5.32 Å². The first-order chi connectivity index (χ1) is 13.9. The van der Waals surface area contributed by atoms with E-state index in [4.69, 9.17) is 0 Å². The normalized spacial score (nSPS) is 11.7. The summed E-state index contributed by atoms with van der Waals surface area (Å²) in [5.74, 6) is -0.403. The zero-order valence-electron chi connectivity index (χ0n) is 16.0. The number of amides is 1. The number of rotatable bonds is 7. The number of nitrogens with one attached hydrogen (secondary N) is 2. The van der Waals surface area contributed by atoms with Crippen molar-refractivity contribution in [3.05, 3.63) is 77.6 Å². The van der Waals surface area contributed by atoms with Crippen LogP contribution in [0.15, 0.2) is 65.7 Å². The number of carbonyl (C=O) groups excluding carboxylic acids is 1. The second kappa shape index (κ2) is 8.80. The summed E-state index contributed by atoms with van der Waals surface area (Å²) in [4.78, 5) is 12.3. The fourth-order valence-corrected chi connectivity index (χ4v) is 3.65. The Bertz CT molecular complexity index is 1140. The minimum absolute atomic E-state index is 0.116. The van der Waals surface area contributed by atoms with E-state index in [0.717, 1.165) is 5.56 Å². The summed E-state index contributed by atoms with van der Waals surface area (Å²) in [6.45, 7) is 2.27. The molecule has 0 saturated heterocycles. The molecule has 1 heterocycles. The molecule has 9 heteroatoms. The lowest BCUT2D eigenvalue weighted by Crippen LogP contribution is -2.20. The van der Waals surface area contributed by atoms with Crippen LogP contribution in [0.1, 0.15) is 16.8 Å². The van der Waals surface area contributed by atoms with Gasteiger partial charge in [0.05, 0.1) is 17.6 Å². The number of anilines is 1. The molecule has 0 aliphatic heterocycles. The van der Waals surface area contributed by atoms with Gasteiger partial charge in [0.25, 0.3) is 0 Å². The standard InChI is InChI=1S/C20H21N5O3S/c1-15-8-9-17(12-19(15)29(27,28)21-2)22-20(26)11-10-18-14-25(24-23-18)13-16-6-4-3-5-7-16/h3-12,14,21H,13H2,1-2H3,(H,22,26)/b11-10+. The van der Waals surface area contributed by atoms with E-state index >= 15 is 0 Å². The topological polar surface area (TPSA) is 106 Å². The first-order valence-corrected chi connectivity index (χ1v) is 10.3. The molecule has 0 atom stereocenters. The van der Waals surface area contributed by atoms with E-state index in [2.05, 4.69) is 20.4 Å². The highest BCUT2D eigenvalue weighted by Gasteiger charge is 2.15. The lowest BCUT2D eigenvalue weighted by atomic mass is 10.2. The summed E-state index contributed by atoms with van der Waals surface area (Å²) >= 11 is 0. The van der Waals surface area contributed by atoms with Crippen LogP contribution in [0.2, 0.25) is 0 Å². The van der Waals surface area contributed by atoms with Crippen molar-refractivity contribution < 1.29 is 13.2 Å². The van der Waals surface area contributed by atoms with Gasteiger partial charge >= 0.3 is 0 Å². The first kappa shape index (κ1) is 20.4. The van der Waals surface area contributed by atoms with Crippen molar-refractivity contribution in [3.8, 4) is 0 Å². The fraction of sp³-hybridized carbons (Fsp3) is 0.150. The monoisotopic (exact) mass is 411 g/mol. The molecule has 8 nitrogen and oxygen atoms in total. The summed E-state index contributed by atoms with van der Waals surface area (Å²) in [6, 6.07) is 14.5. The molecule has 2 aromatic carbocycles. The molecule has 0 aliphatic rings. The number of hydrogen-bond acceptors (Lipinski definition) is 5. The van der Waals surface area contributed by atoms with E-state index in [0.29, 0.717) is 23.5 Å². The maximum atomic E-state index is 12.2. The molecule has 0 spiro atoms. The summed E-state index contributed by atoms with van der Waals surface area (Å²) in [5.41, 5.74) is 2.60. The van der Waals surface area contributed by atoms with Crippen molar-refractivity contribution in [1.82, 2.24) is 19.7 Å². The van der Waals surface area contributed by atoms with Crippen LogP contribution in [0.25, 0.3) is 6.08 Å². The maximum absolute atomic E-state index is 12.2. The second-order valence-corrected chi connectivity index (χ2v) is 8.19. The molecule has 29 heavy (non-hydrogen) atoms. The Hall–Kier alpha value is -3.30. The third kappa shape index (κ3) is 5.37. The average Bonchev–Trinajstić information content (AvgIpc) is 3.16. The van der Waals surface area contributed by atoms with Crippen LogP contribution in [0.4, 0.5) is 5.69 Å². The van der Waals surface area contributed by atoms with Crippen LogP contribution >= 0.6 is 0 Å². The first-order valence-electron chi connectivity index (χ1n) is 8.85. The minimum Gasteiger partial charge on any atom is -0.322 e. The number of sulfonamides is 1. The molecule has 0 saturated carbocycles. The third-order valence-corrected chi connectivity index (χ3v) is 5.72. The molecule has 3 rings (SSSR count). The number of hydrogen-bond donors (Lipinski definition) is 2. The van der Waals surface area contributed by atoms with E-state index in [9.17, 15) is 13.2 Å². The molecule has 150 valence electrons. The van der Waals surface area contributed by atoms with Gasteiger partial charge in [0, 0.05) is 11.8 Å². The van der Waals surface area contributed by atoms with Gasteiger partial charge in [0.2, 0.25) is 15.9 Å². The highest BCUT2D eigenvalue weighted by Crippen LogP contribution is 2.20. The maximum Gasteiger partial charge on any atom is 0.248 e. The van der Waals surface area contributed by atoms with Crippen molar-refractivity contribution in [1.29, 1.82) is 0 Å². The summed E-state index contributed by atoms with van der Waals surface area (Å²) < 4.78 is 28.1. The van der Waals surface area contributed by atoms with Crippen molar-refractivity contribution in [2.75, 3.05) is 12.4 Å². The van der Waals surface area contributed by atoms with E-state index in [1.54, 1.807) is 36.0 Å². The SMILES string of the molecule is CNS(=O)(=O)c1cc(NC(=O)/C=C/c2cn(Cc3ccccc3)nn2)ccc1C. The number of nitrogens with zero attached hydrogens (tertiary/aromatic N) is 3. The zero-order chi connectivity index (χ0) is 20.9.